The second-order valence-electron chi connectivity index (χ2n) is 5.02. The van der Waals surface area contributed by atoms with Crippen molar-refractivity contribution in [3.8, 4) is 0 Å². The van der Waals surface area contributed by atoms with E-state index in [4.69, 9.17) is 14.0 Å². The van der Waals surface area contributed by atoms with Gasteiger partial charge in [-0.05, 0) is 5.56 Å². The quantitative estimate of drug-likeness (QED) is 0.467. The Morgan fingerprint density at radius 2 is 1.74 bits per heavy atom. The Bertz CT molecular complexity index is 591. The minimum atomic E-state index is -4.73. The van der Waals surface area contributed by atoms with Gasteiger partial charge in [0.2, 0.25) is 0 Å². The second-order valence-corrected chi connectivity index (χ2v) is 6.11. The summed E-state index contributed by atoms with van der Waals surface area (Å²) in [4.78, 5) is 0. The van der Waals surface area contributed by atoms with E-state index in [0.717, 1.165) is 5.56 Å². The Kier molecular flexibility index (Phi) is 6.06. The first-order chi connectivity index (χ1) is 10.8. The normalized spacial score (nSPS) is 31.9. The van der Waals surface area contributed by atoms with Crippen molar-refractivity contribution >= 4 is 10.4 Å². The third-order valence-corrected chi connectivity index (χ3v) is 3.76. The highest BCUT2D eigenvalue weighted by Crippen LogP contribution is 2.24. The molecule has 0 unspecified atom stereocenters. The second kappa shape index (κ2) is 7.64. The van der Waals surface area contributed by atoms with Crippen molar-refractivity contribution in [2.75, 3.05) is 6.61 Å². The molecule has 0 aliphatic carbocycles. The SMILES string of the molecule is O=S(=O)(O)OC[C@H]1O[C@H](O)[C@H](O)[C@@H](OCc2ccccc2)[C@@H]1O. The summed E-state index contributed by atoms with van der Waals surface area (Å²) < 4.78 is 44.1. The Morgan fingerprint density at radius 3 is 2.35 bits per heavy atom. The van der Waals surface area contributed by atoms with Gasteiger partial charge in [-0.3, -0.25) is 4.55 Å². The molecular formula is C13H18O9S. The van der Waals surface area contributed by atoms with Gasteiger partial charge in [-0.25, -0.2) is 4.18 Å². The third kappa shape index (κ3) is 5.19. The molecule has 1 aromatic rings. The van der Waals surface area contributed by atoms with Crippen molar-refractivity contribution in [3.63, 3.8) is 0 Å². The number of hydrogen-bond donors (Lipinski definition) is 4. The van der Waals surface area contributed by atoms with E-state index < -0.39 is 47.7 Å². The zero-order chi connectivity index (χ0) is 17.0. The van der Waals surface area contributed by atoms with Crippen LogP contribution in [0.3, 0.4) is 0 Å². The molecule has 130 valence electrons. The molecule has 0 aromatic heterocycles. The number of hydrogen-bond acceptors (Lipinski definition) is 8. The van der Waals surface area contributed by atoms with Gasteiger partial charge in [-0.15, -0.1) is 0 Å². The highest BCUT2D eigenvalue weighted by molar-refractivity contribution is 7.80. The Labute approximate surface area is 133 Å². The van der Waals surface area contributed by atoms with Gasteiger partial charge in [-0.1, -0.05) is 30.3 Å². The Balaban J connectivity index is 2.00. The van der Waals surface area contributed by atoms with Gasteiger partial charge in [-0.2, -0.15) is 8.42 Å². The van der Waals surface area contributed by atoms with Crippen LogP contribution in [0.15, 0.2) is 30.3 Å². The molecule has 4 N–H and O–H groups in total. The van der Waals surface area contributed by atoms with E-state index in [1.54, 1.807) is 24.3 Å². The van der Waals surface area contributed by atoms with E-state index in [1.807, 2.05) is 6.07 Å². The van der Waals surface area contributed by atoms with Crippen LogP contribution in [0.4, 0.5) is 0 Å². The van der Waals surface area contributed by atoms with Crippen LogP contribution in [0.1, 0.15) is 5.56 Å². The van der Waals surface area contributed by atoms with Crippen molar-refractivity contribution in [1.82, 2.24) is 0 Å². The Hall–Kier alpha value is -1.11. The van der Waals surface area contributed by atoms with Crippen molar-refractivity contribution in [2.45, 2.75) is 37.3 Å². The summed E-state index contributed by atoms with van der Waals surface area (Å²) in [6, 6.07) is 8.93. The van der Waals surface area contributed by atoms with E-state index in [1.165, 1.54) is 0 Å². The molecule has 10 heteroatoms. The smallest absolute Gasteiger partial charge is 0.387 e. The van der Waals surface area contributed by atoms with E-state index in [2.05, 4.69) is 4.18 Å². The molecule has 0 saturated carbocycles. The largest absolute Gasteiger partial charge is 0.397 e. The topological polar surface area (TPSA) is 143 Å². The zero-order valence-corrected chi connectivity index (χ0v) is 12.7. The number of aliphatic hydroxyl groups excluding tert-OH is 3. The summed E-state index contributed by atoms with van der Waals surface area (Å²) in [7, 11) is -4.73. The summed E-state index contributed by atoms with van der Waals surface area (Å²) in [6.45, 7) is -0.687. The summed E-state index contributed by atoms with van der Waals surface area (Å²) in [5.74, 6) is 0. The maximum absolute atomic E-state index is 10.6. The van der Waals surface area contributed by atoms with Crippen LogP contribution in [0, 0.1) is 0 Å². The van der Waals surface area contributed by atoms with Crippen LogP contribution in [0.2, 0.25) is 0 Å². The first-order valence-electron chi connectivity index (χ1n) is 6.75. The zero-order valence-electron chi connectivity index (χ0n) is 11.9. The molecule has 5 atom stereocenters. The van der Waals surface area contributed by atoms with Crippen LogP contribution in [0.25, 0.3) is 0 Å². The van der Waals surface area contributed by atoms with E-state index in [0.29, 0.717) is 0 Å². The molecule has 1 aliphatic heterocycles. The first kappa shape index (κ1) is 18.2. The molecule has 0 spiro atoms. The van der Waals surface area contributed by atoms with Crippen LogP contribution in [0.5, 0.6) is 0 Å². The number of aliphatic hydroxyl groups is 3. The lowest BCUT2D eigenvalue weighted by Gasteiger charge is -2.40. The summed E-state index contributed by atoms with van der Waals surface area (Å²) in [5, 5.41) is 29.6. The molecular weight excluding hydrogens is 332 g/mol. The molecule has 1 aromatic carbocycles. The molecule has 0 radical (unpaired) electrons. The number of benzene rings is 1. The van der Waals surface area contributed by atoms with Crippen molar-refractivity contribution in [2.24, 2.45) is 0 Å². The summed E-state index contributed by atoms with van der Waals surface area (Å²) >= 11 is 0. The van der Waals surface area contributed by atoms with Crippen LogP contribution in [-0.2, 0) is 30.7 Å². The maximum Gasteiger partial charge on any atom is 0.397 e. The fourth-order valence-corrected chi connectivity index (χ4v) is 2.48. The molecule has 1 saturated heterocycles. The van der Waals surface area contributed by atoms with Gasteiger partial charge >= 0.3 is 10.4 Å². The average Bonchev–Trinajstić information content (AvgIpc) is 2.50. The predicted molar refractivity (Wildman–Crippen MR) is 75.4 cm³/mol. The van der Waals surface area contributed by atoms with Crippen LogP contribution >= 0.6 is 0 Å². The third-order valence-electron chi connectivity index (χ3n) is 3.33. The molecule has 0 bridgehead atoms. The Morgan fingerprint density at radius 1 is 1.09 bits per heavy atom. The summed E-state index contributed by atoms with van der Waals surface area (Å²) in [6.07, 6.45) is -7.24. The molecule has 0 amide bonds. The van der Waals surface area contributed by atoms with Gasteiger partial charge in [0.25, 0.3) is 0 Å². The standard InChI is InChI=1S/C13H18O9S/c14-10-9(7-21-23(17,18)19)22-13(16)11(15)12(10)20-6-8-4-2-1-3-5-8/h1-5,9-16H,6-7H2,(H,17,18,19)/t9-,10-,11-,12+,13+/m1/s1. The van der Waals surface area contributed by atoms with E-state index >= 15 is 0 Å². The van der Waals surface area contributed by atoms with Crippen LogP contribution in [-0.4, -0.2) is 65.6 Å². The van der Waals surface area contributed by atoms with Crippen LogP contribution < -0.4 is 0 Å². The lowest BCUT2D eigenvalue weighted by Crippen LogP contribution is -2.59. The summed E-state index contributed by atoms with van der Waals surface area (Å²) in [5.41, 5.74) is 0.776. The highest BCUT2D eigenvalue weighted by atomic mass is 32.3. The maximum atomic E-state index is 10.6. The lowest BCUT2D eigenvalue weighted by molar-refractivity contribution is -0.295. The predicted octanol–water partition coefficient (Wildman–Crippen LogP) is -1.17. The first-order valence-corrected chi connectivity index (χ1v) is 8.11. The minimum Gasteiger partial charge on any atom is -0.387 e. The molecule has 1 heterocycles. The molecule has 2 rings (SSSR count). The van der Waals surface area contributed by atoms with E-state index in [9.17, 15) is 23.7 Å². The molecule has 1 aliphatic rings. The van der Waals surface area contributed by atoms with Crippen molar-refractivity contribution < 1.29 is 41.9 Å². The van der Waals surface area contributed by atoms with Gasteiger partial charge in [0, 0.05) is 0 Å². The number of rotatable bonds is 6. The average molecular weight is 350 g/mol. The molecule has 23 heavy (non-hydrogen) atoms. The van der Waals surface area contributed by atoms with Crippen molar-refractivity contribution in [1.29, 1.82) is 0 Å². The van der Waals surface area contributed by atoms with Gasteiger partial charge in [0.15, 0.2) is 6.29 Å². The lowest BCUT2D eigenvalue weighted by atomic mass is 9.99. The number of ether oxygens (including phenoxy) is 2. The van der Waals surface area contributed by atoms with Gasteiger partial charge in [0.05, 0.1) is 13.2 Å². The molecule has 1 fully saturated rings. The van der Waals surface area contributed by atoms with Gasteiger partial charge in [0.1, 0.15) is 24.4 Å². The van der Waals surface area contributed by atoms with E-state index in [-0.39, 0.29) is 6.61 Å². The minimum absolute atomic E-state index is 0.0538. The van der Waals surface area contributed by atoms with Crippen molar-refractivity contribution in [3.05, 3.63) is 35.9 Å². The fraction of sp³-hybridized carbons (Fsp3) is 0.538. The van der Waals surface area contributed by atoms with Gasteiger partial charge < -0.3 is 24.8 Å². The molecule has 9 nitrogen and oxygen atoms in total. The highest BCUT2D eigenvalue weighted by Gasteiger charge is 2.45. The fourth-order valence-electron chi connectivity index (χ4n) is 2.17. The monoisotopic (exact) mass is 350 g/mol.